The van der Waals surface area contributed by atoms with Crippen molar-refractivity contribution in [3.8, 4) is 0 Å². The lowest BCUT2D eigenvalue weighted by Crippen LogP contribution is -2.13. The Labute approximate surface area is 151 Å². The van der Waals surface area contributed by atoms with Gasteiger partial charge in [-0.3, -0.25) is 4.72 Å². The van der Waals surface area contributed by atoms with E-state index in [9.17, 15) is 8.42 Å². The number of aromatic nitrogens is 2. The van der Waals surface area contributed by atoms with Crippen LogP contribution in [0, 0.1) is 20.8 Å². The third-order valence-electron chi connectivity index (χ3n) is 3.38. The Morgan fingerprint density at radius 3 is 2.08 bits per heavy atom. The number of thiophene rings is 1. The largest absolute Gasteiger partial charge is 0.339 e. The smallest absolute Gasteiger partial charge is 0.272 e. The van der Waals surface area contributed by atoms with E-state index >= 15 is 0 Å². The number of aryl methyl sites for hydroxylation is 3. The monoisotopic (exact) mass is 374 g/mol. The van der Waals surface area contributed by atoms with Gasteiger partial charge in [0.05, 0.1) is 0 Å². The summed E-state index contributed by atoms with van der Waals surface area (Å²) in [5.41, 5.74) is 3.20. The number of anilines is 3. The van der Waals surface area contributed by atoms with E-state index in [-0.39, 0.29) is 10.0 Å². The molecule has 2 N–H and O–H groups in total. The van der Waals surface area contributed by atoms with E-state index in [1.165, 1.54) is 11.3 Å². The zero-order valence-electron chi connectivity index (χ0n) is 14.1. The highest BCUT2D eigenvalue weighted by Gasteiger charge is 2.17. The normalized spacial score (nSPS) is 11.3. The highest BCUT2D eigenvalue weighted by Crippen LogP contribution is 2.23. The molecule has 0 radical (unpaired) electrons. The Morgan fingerprint density at radius 1 is 0.880 bits per heavy atom. The van der Waals surface area contributed by atoms with Gasteiger partial charge in [-0.1, -0.05) is 6.07 Å². The first-order valence-corrected chi connectivity index (χ1v) is 9.90. The standard InChI is InChI=1S/C17H18N4O2S2/c1-11-8-12(2)10-14(9-11)18-15-5-6-16(20-19-15)21-25(22,23)17-7-4-13(3)24-17/h4-10H,1-3H3,(H,18,19)(H,20,21). The van der Waals surface area contributed by atoms with E-state index in [2.05, 4.69) is 26.3 Å². The van der Waals surface area contributed by atoms with E-state index in [4.69, 9.17) is 0 Å². The van der Waals surface area contributed by atoms with Gasteiger partial charge in [-0.15, -0.1) is 21.5 Å². The van der Waals surface area contributed by atoms with Crippen LogP contribution in [0.15, 0.2) is 46.7 Å². The van der Waals surface area contributed by atoms with Crippen LogP contribution in [-0.2, 0) is 10.0 Å². The molecule has 2 heterocycles. The van der Waals surface area contributed by atoms with Gasteiger partial charge in [0.15, 0.2) is 11.6 Å². The molecule has 0 atom stereocenters. The summed E-state index contributed by atoms with van der Waals surface area (Å²) in [7, 11) is -3.63. The van der Waals surface area contributed by atoms with Crippen LogP contribution in [0.25, 0.3) is 0 Å². The Kier molecular flexibility index (Phi) is 4.73. The van der Waals surface area contributed by atoms with Gasteiger partial charge in [0.1, 0.15) is 4.21 Å². The molecule has 3 rings (SSSR count). The van der Waals surface area contributed by atoms with E-state index in [1.54, 1.807) is 24.3 Å². The molecule has 0 bridgehead atoms. The first-order chi connectivity index (χ1) is 11.8. The molecule has 0 fully saturated rings. The number of hydrogen-bond donors (Lipinski definition) is 2. The van der Waals surface area contributed by atoms with Crippen molar-refractivity contribution in [2.24, 2.45) is 0 Å². The molecule has 0 aliphatic rings. The molecule has 130 valence electrons. The van der Waals surface area contributed by atoms with Gasteiger partial charge in [0, 0.05) is 10.6 Å². The highest BCUT2D eigenvalue weighted by molar-refractivity contribution is 7.94. The predicted octanol–water partition coefficient (Wildman–Crippen LogP) is 4.01. The van der Waals surface area contributed by atoms with Crippen molar-refractivity contribution in [1.29, 1.82) is 0 Å². The summed E-state index contributed by atoms with van der Waals surface area (Å²) >= 11 is 1.21. The fourth-order valence-corrected chi connectivity index (χ4v) is 4.67. The minimum Gasteiger partial charge on any atom is -0.339 e. The SMILES string of the molecule is Cc1cc(C)cc(Nc2ccc(NS(=O)(=O)c3ccc(C)s3)nn2)c1. The third kappa shape index (κ3) is 4.34. The molecule has 0 aliphatic carbocycles. The Balaban J connectivity index is 1.74. The second kappa shape index (κ2) is 6.81. The number of nitrogens with one attached hydrogen (secondary N) is 2. The lowest BCUT2D eigenvalue weighted by atomic mass is 10.1. The van der Waals surface area contributed by atoms with Crippen molar-refractivity contribution in [2.75, 3.05) is 10.0 Å². The molecule has 0 amide bonds. The predicted molar refractivity (Wildman–Crippen MR) is 101 cm³/mol. The summed E-state index contributed by atoms with van der Waals surface area (Å²) < 4.78 is 27.3. The first kappa shape index (κ1) is 17.4. The molecule has 0 saturated carbocycles. The van der Waals surface area contributed by atoms with E-state index in [0.29, 0.717) is 5.82 Å². The van der Waals surface area contributed by atoms with Crippen LogP contribution in [0.1, 0.15) is 16.0 Å². The molecule has 25 heavy (non-hydrogen) atoms. The van der Waals surface area contributed by atoms with Crippen LogP contribution in [0.4, 0.5) is 17.3 Å². The second-order valence-electron chi connectivity index (χ2n) is 5.78. The number of rotatable bonds is 5. The van der Waals surface area contributed by atoms with Gasteiger partial charge in [-0.05, 0) is 68.3 Å². The summed E-state index contributed by atoms with van der Waals surface area (Å²) in [6.45, 7) is 5.90. The summed E-state index contributed by atoms with van der Waals surface area (Å²) in [5.74, 6) is 0.719. The molecule has 1 aromatic carbocycles. The van der Waals surface area contributed by atoms with Crippen LogP contribution in [0.5, 0.6) is 0 Å². The van der Waals surface area contributed by atoms with E-state index in [0.717, 1.165) is 21.7 Å². The van der Waals surface area contributed by atoms with Crippen LogP contribution in [-0.4, -0.2) is 18.6 Å². The fourth-order valence-electron chi connectivity index (χ4n) is 2.39. The number of hydrogen-bond acceptors (Lipinski definition) is 6. The van der Waals surface area contributed by atoms with Crippen molar-refractivity contribution in [1.82, 2.24) is 10.2 Å². The number of benzene rings is 1. The van der Waals surface area contributed by atoms with Crippen molar-refractivity contribution < 1.29 is 8.42 Å². The maximum atomic E-state index is 12.3. The average molecular weight is 374 g/mol. The lowest BCUT2D eigenvalue weighted by Gasteiger charge is -2.09. The minimum absolute atomic E-state index is 0.178. The Hall–Kier alpha value is -2.45. The van der Waals surface area contributed by atoms with Crippen molar-refractivity contribution in [3.05, 3.63) is 58.5 Å². The molecule has 3 aromatic rings. The van der Waals surface area contributed by atoms with Crippen LogP contribution in [0.3, 0.4) is 0 Å². The molecular weight excluding hydrogens is 356 g/mol. The molecule has 2 aromatic heterocycles. The number of sulfonamides is 1. The molecule has 0 aliphatic heterocycles. The van der Waals surface area contributed by atoms with Gasteiger partial charge < -0.3 is 5.32 Å². The topological polar surface area (TPSA) is 84.0 Å². The van der Waals surface area contributed by atoms with Crippen molar-refractivity contribution in [3.63, 3.8) is 0 Å². The average Bonchev–Trinajstić information content (AvgIpc) is 2.95. The summed E-state index contributed by atoms with van der Waals surface area (Å²) in [6, 6.07) is 12.7. The van der Waals surface area contributed by atoms with Gasteiger partial charge in [-0.2, -0.15) is 0 Å². The van der Waals surface area contributed by atoms with E-state index in [1.807, 2.05) is 32.9 Å². The van der Waals surface area contributed by atoms with Gasteiger partial charge in [0.2, 0.25) is 0 Å². The summed E-state index contributed by atoms with van der Waals surface area (Å²) in [5, 5.41) is 11.1. The third-order valence-corrected chi connectivity index (χ3v) is 6.23. The zero-order valence-corrected chi connectivity index (χ0v) is 15.7. The second-order valence-corrected chi connectivity index (χ2v) is 8.97. The quantitative estimate of drug-likeness (QED) is 0.705. The zero-order chi connectivity index (χ0) is 18.0. The van der Waals surface area contributed by atoms with Crippen LogP contribution in [0.2, 0.25) is 0 Å². The Bertz CT molecular complexity index is 975. The molecule has 8 heteroatoms. The minimum atomic E-state index is -3.63. The maximum Gasteiger partial charge on any atom is 0.272 e. The molecular formula is C17H18N4O2S2. The summed E-state index contributed by atoms with van der Waals surface area (Å²) in [4.78, 5) is 0.930. The molecule has 0 unspecified atom stereocenters. The first-order valence-electron chi connectivity index (χ1n) is 7.60. The summed E-state index contributed by atoms with van der Waals surface area (Å²) in [6.07, 6.45) is 0. The van der Waals surface area contributed by atoms with Gasteiger partial charge in [0.25, 0.3) is 10.0 Å². The fraction of sp³-hybridized carbons (Fsp3) is 0.176. The number of nitrogens with zero attached hydrogens (tertiary/aromatic N) is 2. The van der Waals surface area contributed by atoms with Gasteiger partial charge >= 0.3 is 0 Å². The molecule has 0 saturated heterocycles. The molecule has 6 nitrogen and oxygen atoms in total. The molecule has 0 spiro atoms. The van der Waals surface area contributed by atoms with Crippen molar-refractivity contribution >= 4 is 38.7 Å². The Morgan fingerprint density at radius 2 is 1.52 bits per heavy atom. The highest BCUT2D eigenvalue weighted by atomic mass is 32.2. The maximum absolute atomic E-state index is 12.3. The van der Waals surface area contributed by atoms with Crippen LogP contribution < -0.4 is 10.0 Å². The van der Waals surface area contributed by atoms with Gasteiger partial charge in [-0.25, -0.2) is 8.42 Å². The van der Waals surface area contributed by atoms with Crippen LogP contribution >= 0.6 is 11.3 Å². The lowest BCUT2D eigenvalue weighted by molar-refractivity contribution is 0.603. The van der Waals surface area contributed by atoms with Crippen molar-refractivity contribution in [2.45, 2.75) is 25.0 Å². The van der Waals surface area contributed by atoms with E-state index < -0.39 is 10.0 Å².